The number of nitrogens with one attached hydrogen (secondary N) is 2. The van der Waals surface area contributed by atoms with Gasteiger partial charge in [-0.2, -0.15) is 5.10 Å². The number of amides is 2. The zero-order chi connectivity index (χ0) is 22.2. The Kier molecular flexibility index (Phi) is 7.26. The Hall–Kier alpha value is -3.81. The summed E-state index contributed by atoms with van der Waals surface area (Å²) in [7, 11) is 3.24. The van der Waals surface area contributed by atoms with E-state index >= 15 is 0 Å². The molecule has 0 saturated heterocycles. The molecule has 2 amide bonds. The van der Waals surface area contributed by atoms with Crippen LogP contribution in [0.4, 0.5) is 5.69 Å². The molecule has 0 aliphatic rings. The lowest BCUT2D eigenvalue weighted by atomic mass is 10.1. The molecule has 8 heteroatoms. The van der Waals surface area contributed by atoms with Gasteiger partial charge >= 0.3 is 0 Å². The number of ether oxygens (including phenoxy) is 2. The molecule has 1 aromatic heterocycles. The Morgan fingerprint density at radius 2 is 1.84 bits per heavy atom. The molecule has 2 N–H and O–H groups in total. The van der Waals surface area contributed by atoms with Crippen molar-refractivity contribution in [2.24, 2.45) is 7.05 Å². The average Bonchev–Trinajstić information content (AvgIpc) is 3.16. The topological polar surface area (TPSA) is 94.5 Å². The van der Waals surface area contributed by atoms with E-state index in [-0.39, 0.29) is 18.4 Å². The lowest BCUT2D eigenvalue weighted by Crippen LogP contribution is -2.27. The first-order chi connectivity index (χ1) is 15.0. The van der Waals surface area contributed by atoms with Gasteiger partial charge in [-0.25, -0.2) is 0 Å². The largest absolute Gasteiger partial charge is 0.493 e. The summed E-state index contributed by atoms with van der Waals surface area (Å²) in [6, 6.07) is 14.5. The smallest absolute Gasteiger partial charge is 0.271 e. The summed E-state index contributed by atoms with van der Waals surface area (Å²) in [5.74, 6) is 0.646. The summed E-state index contributed by atoms with van der Waals surface area (Å²) in [5.41, 5.74) is 1.93. The number of hydrogen-bond donors (Lipinski definition) is 2. The number of aryl methyl sites for hydroxylation is 1. The molecule has 0 aliphatic heterocycles. The SMILES string of the molecule is CCCNC(=O)c1c(NC(=O)c2cccc(COc3ccccc3OC)c2)cnn1C. The van der Waals surface area contributed by atoms with Crippen LogP contribution in [0.5, 0.6) is 11.5 Å². The monoisotopic (exact) mass is 422 g/mol. The standard InChI is InChI=1S/C23H26N4O4/c1-4-12-24-23(29)21-18(14-25-27(21)2)26-22(28)17-9-7-8-16(13-17)15-31-20-11-6-5-10-19(20)30-3/h5-11,13-14H,4,12,15H2,1-3H3,(H,24,29)(H,26,28). The second-order valence-electron chi connectivity index (χ2n) is 6.88. The van der Waals surface area contributed by atoms with Crippen LogP contribution in [0.1, 0.15) is 39.8 Å². The molecule has 8 nitrogen and oxygen atoms in total. The highest BCUT2D eigenvalue weighted by Crippen LogP contribution is 2.26. The van der Waals surface area contributed by atoms with Gasteiger partial charge in [-0.3, -0.25) is 14.3 Å². The van der Waals surface area contributed by atoms with Crippen LogP contribution in [-0.4, -0.2) is 35.2 Å². The molecule has 0 saturated carbocycles. The van der Waals surface area contributed by atoms with E-state index < -0.39 is 0 Å². The van der Waals surface area contributed by atoms with Gasteiger partial charge in [0.1, 0.15) is 12.3 Å². The molecule has 0 atom stereocenters. The van der Waals surface area contributed by atoms with Gasteiger partial charge in [-0.15, -0.1) is 0 Å². The summed E-state index contributed by atoms with van der Waals surface area (Å²) >= 11 is 0. The molecule has 0 spiro atoms. The minimum atomic E-state index is -0.336. The van der Waals surface area contributed by atoms with Crippen molar-refractivity contribution in [3.8, 4) is 11.5 Å². The van der Waals surface area contributed by atoms with Crippen LogP contribution in [-0.2, 0) is 13.7 Å². The Morgan fingerprint density at radius 1 is 1.06 bits per heavy atom. The van der Waals surface area contributed by atoms with Gasteiger partial charge in [0.05, 0.1) is 19.0 Å². The zero-order valence-electron chi connectivity index (χ0n) is 17.8. The fourth-order valence-corrected chi connectivity index (χ4v) is 3.02. The van der Waals surface area contributed by atoms with Gasteiger partial charge in [0.2, 0.25) is 0 Å². The normalized spacial score (nSPS) is 10.4. The van der Waals surface area contributed by atoms with E-state index in [0.717, 1.165) is 12.0 Å². The molecule has 3 aromatic rings. The first kappa shape index (κ1) is 21.9. The van der Waals surface area contributed by atoms with Gasteiger partial charge < -0.3 is 20.1 Å². The summed E-state index contributed by atoms with van der Waals surface area (Å²) in [6.07, 6.45) is 2.28. The van der Waals surface area contributed by atoms with E-state index in [4.69, 9.17) is 9.47 Å². The van der Waals surface area contributed by atoms with Crippen molar-refractivity contribution in [3.05, 3.63) is 71.5 Å². The third-order valence-corrected chi connectivity index (χ3v) is 4.59. The number of methoxy groups -OCH3 is 1. The van der Waals surface area contributed by atoms with E-state index in [1.165, 1.54) is 10.9 Å². The van der Waals surface area contributed by atoms with Gasteiger partial charge in [-0.05, 0) is 36.2 Å². The number of aromatic nitrogens is 2. The third kappa shape index (κ3) is 5.42. The molecule has 0 bridgehead atoms. The molecule has 162 valence electrons. The van der Waals surface area contributed by atoms with Gasteiger partial charge in [0, 0.05) is 19.2 Å². The number of para-hydroxylation sites is 2. The lowest BCUT2D eigenvalue weighted by molar-refractivity contribution is 0.0945. The molecule has 2 aromatic carbocycles. The van der Waals surface area contributed by atoms with Crippen LogP contribution >= 0.6 is 0 Å². The molecule has 3 rings (SSSR count). The maximum absolute atomic E-state index is 12.8. The maximum atomic E-state index is 12.8. The van der Waals surface area contributed by atoms with Crippen molar-refractivity contribution < 1.29 is 19.1 Å². The number of carbonyl (C=O) groups is 2. The van der Waals surface area contributed by atoms with E-state index in [9.17, 15) is 9.59 Å². The molecule has 0 unspecified atom stereocenters. The van der Waals surface area contributed by atoms with Crippen LogP contribution in [0.3, 0.4) is 0 Å². The molecule has 0 fully saturated rings. The van der Waals surface area contributed by atoms with E-state index in [2.05, 4.69) is 15.7 Å². The Balaban J connectivity index is 1.70. The van der Waals surface area contributed by atoms with Crippen molar-refractivity contribution in [3.63, 3.8) is 0 Å². The number of carbonyl (C=O) groups excluding carboxylic acids is 2. The minimum Gasteiger partial charge on any atom is -0.493 e. The van der Waals surface area contributed by atoms with Gasteiger partial charge in [0.25, 0.3) is 11.8 Å². The fourth-order valence-electron chi connectivity index (χ4n) is 3.02. The Labute approximate surface area is 181 Å². The average molecular weight is 422 g/mol. The lowest BCUT2D eigenvalue weighted by Gasteiger charge is -2.11. The predicted octanol–water partition coefficient (Wildman–Crippen LogP) is 3.40. The summed E-state index contributed by atoms with van der Waals surface area (Å²) in [6.45, 7) is 2.79. The molecule has 0 radical (unpaired) electrons. The number of nitrogens with zero attached hydrogens (tertiary/aromatic N) is 2. The number of rotatable bonds is 9. The fraction of sp³-hybridized carbons (Fsp3) is 0.261. The van der Waals surface area contributed by atoms with Crippen molar-refractivity contribution in [1.82, 2.24) is 15.1 Å². The highest BCUT2D eigenvalue weighted by atomic mass is 16.5. The number of anilines is 1. The molecule has 0 aliphatic carbocycles. The molecule has 1 heterocycles. The van der Waals surface area contributed by atoms with Gasteiger partial charge in [0.15, 0.2) is 11.5 Å². The third-order valence-electron chi connectivity index (χ3n) is 4.59. The first-order valence-electron chi connectivity index (χ1n) is 9.99. The predicted molar refractivity (Wildman–Crippen MR) is 118 cm³/mol. The second-order valence-corrected chi connectivity index (χ2v) is 6.88. The van der Waals surface area contributed by atoms with Crippen molar-refractivity contribution in [2.75, 3.05) is 19.0 Å². The Bertz CT molecular complexity index is 1060. The van der Waals surface area contributed by atoms with Crippen LogP contribution in [0.25, 0.3) is 0 Å². The van der Waals surface area contributed by atoms with Crippen LogP contribution in [0, 0.1) is 0 Å². The van der Waals surface area contributed by atoms with Crippen molar-refractivity contribution in [2.45, 2.75) is 20.0 Å². The van der Waals surface area contributed by atoms with Gasteiger partial charge in [-0.1, -0.05) is 31.2 Å². The van der Waals surface area contributed by atoms with E-state index in [1.54, 1.807) is 32.4 Å². The highest BCUT2D eigenvalue weighted by Gasteiger charge is 2.19. The van der Waals surface area contributed by atoms with Crippen molar-refractivity contribution in [1.29, 1.82) is 0 Å². The highest BCUT2D eigenvalue weighted by molar-refractivity contribution is 6.08. The van der Waals surface area contributed by atoms with E-state index in [0.29, 0.717) is 35.0 Å². The zero-order valence-corrected chi connectivity index (χ0v) is 17.8. The Morgan fingerprint density at radius 3 is 2.58 bits per heavy atom. The molecular weight excluding hydrogens is 396 g/mol. The number of hydrogen-bond acceptors (Lipinski definition) is 5. The molecular formula is C23H26N4O4. The number of benzene rings is 2. The summed E-state index contributed by atoms with van der Waals surface area (Å²) in [5, 5.41) is 9.68. The minimum absolute atomic E-state index is 0.277. The quantitative estimate of drug-likeness (QED) is 0.551. The summed E-state index contributed by atoms with van der Waals surface area (Å²) < 4.78 is 12.6. The maximum Gasteiger partial charge on any atom is 0.271 e. The van der Waals surface area contributed by atoms with Crippen LogP contribution < -0.4 is 20.1 Å². The second kappa shape index (κ2) is 10.3. The van der Waals surface area contributed by atoms with Crippen LogP contribution in [0.2, 0.25) is 0 Å². The summed E-state index contributed by atoms with van der Waals surface area (Å²) in [4.78, 5) is 25.2. The first-order valence-corrected chi connectivity index (χ1v) is 9.99. The van der Waals surface area contributed by atoms with E-state index in [1.807, 2.05) is 37.3 Å². The van der Waals surface area contributed by atoms with Crippen LogP contribution in [0.15, 0.2) is 54.7 Å². The van der Waals surface area contributed by atoms with Crippen molar-refractivity contribution >= 4 is 17.5 Å². The molecule has 31 heavy (non-hydrogen) atoms.